The number of carbonyl (C=O) groups excluding carboxylic acids is 1. The van der Waals surface area contributed by atoms with E-state index in [-0.39, 0.29) is 17.8 Å². The molecule has 150 valence electrons. The highest BCUT2D eigenvalue weighted by Gasteiger charge is 2.16. The molecule has 30 heavy (non-hydrogen) atoms. The summed E-state index contributed by atoms with van der Waals surface area (Å²) < 4.78 is 15.3. The van der Waals surface area contributed by atoms with Gasteiger partial charge < -0.3 is 5.32 Å². The quantitative estimate of drug-likeness (QED) is 0.475. The minimum atomic E-state index is -0.293. The summed E-state index contributed by atoms with van der Waals surface area (Å²) in [6.45, 7) is 4.09. The second-order valence-corrected chi connectivity index (χ2v) is 7.22. The number of nitrogens with zero attached hydrogens (tertiary/aromatic N) is 3. The first-order valence-corrected chi connectivity index (χ1v) is 9.69. The number of nitrogens with one attached hydrogen (secondary N) is 1. The lowest BCUT2D eigenvalue weighted by molar-refractivity contribution is 0.102. The van der Waals surface area contributed by atoms with E-state index in [2.05, 4.69) is 10.3 Å². The number of halogens is 1. The number of aromatic nitrogens is 3. The van der Waals surface area contributed by atoms with Gasteiger partial charge in [-0.1, -0.05) is 18.2 Å². The van der Waals surface area contributed by atoms with Crippen molar-refractivity contribution in [1.82, 2.24) is 14.8 Å². The van der Waals surface area contributed by atoms with Crippen LogP contribution in [0.3, 0.4) is 0 Å². The fourth-order valence-corrected chi connectivity index (χ4v) is 3.13. The molecule has 2 aromatic heterocycles. The number of rotatable bonds is 5. The molecule has 0 aliphatic rings. The fraction of sp³-hybridized carbons (Fsp3) is 0.125. The zero-order chi connectivity index (χ0) is 21.1. The number of carbonyl (C=O) groups is 1. The number of benzene rings is 2. The highest BCUT2D eigenvalue weighted by Crippen LogP contribution is 2.33. The Bertz CT molecular complexity index is 1170. The van der Waals surface area contributed by atoms with Crippen LogP contribution in [-0.4, -0.2) is 20.7 Å². The molecule has 6 heteroatoms. The number of hydrogen-bond acceptors (Lipinski definition) is 3. The van der Waals surface area contributed by atoms with Gasteiger partial charge in [-0.3, -0.25) is 9.48 Å². The van der Waals surface area contributed by atoms with Gasteiger partial charge in [0.25, 0.3) is 5.91 Å². The van der Waals surface area contributed by atoms with Gasteiger partial charge in [0, 0.05) is 35.1 Å². The van der Waals surface area contributed by atoms with Crippen LogP contribution in [0, 0.1) is 5.82 Å². The third-order valence-corrected chi connectivity index (χ3v) is 4.73. The van der Waals surface area contributed by atoms with Gasteiger partial charge in [-0.05, 0) is 67.9 Å². The van der Waals surface area contributed by atoms with Gasteiger partial charge in [-0.2, -0.15) is 5.10 Å². The summed E-state index contributed by atoms with van der Waals surface area (Å²) in [5, 5.41) is 7.55. The molecule has 0 bridgehead atoms. The number of anilines is 1. The largest absolute Gasteiger partial charge is 0.307 e. The van der Waals surface area contributed by atoms with Crippen molar-refractivity contribution in [1.29, 1.82) is 0 Å². The Kier molecular flexibility index (Phi) is 5.39. The van der Waals surface area contributed by atoms with E-state index in [1.807, 2.05) is 55.1 Å². The Morgan fingerprint density at radius 3 is 2.43 bits per heavy atom. The minimum Gasteiger partial charge on any atom is -0.307 e. The van der Waals surface area contributed by atoms with Crippen LogP contribution in [0.1, 0.15) is 30.2 Å². The molecule has 0 aliphatic heterocycles. The Labute approximate surface area is 174 Å². The van der Waals surface area contributed by atoms with E-state index in [9.17, 15) is 9.18 Å². The maximum absolute atomic E-state index is 13.4. The molecule has 1 N–H and O–H groups in total. The van der Waals surface area contributed by atoms with Crippen molar-refractivity contribution in [2.75, 3.05) is 5.32 Å². The second kappa shape index (κ2) is 8.29. The lowest BCUT2D eigenvalue weighted by Gasteiger charge is -2.07. The standard InChI is InChI=1S/C24H21FN4O/c1-16(2)29-15-21(23(28-29)17-8-10-20(25)11-9-17)19-12-13-26-22(14-19)27-24(30)18-6-4-3-5-7-18/h3-16H,1-2H3,(H,26,27,30). The smallest absolute Gasteiger partial charge is 0.256 e. The molecule has 4 rings (SSSR count). The molecule has 0 spiro atoms. The predicted octanol–water partition coefficient (Wildman–Crippen LogP) is 5.58. The van der Waals surface area contributed by atoms with E-state index in [0.29, 0.717) is 11.4 Å². The van der Waals surface area contributed by atoms with Gasteiger partial charge in [0.1, 0.15) is 17.3 Å². The highest BCUT2D eigenvalue weighted by atomic mass is 19.1. The van der Waals surface area contributed by atoms with Crippen molar-refractivity contribution in [3.05, 3.63) is 90.5 Å². The topological polar surface area (TPSA) is 59.8 Å². The van der Waals surface area contributed by atoms with Crippen LogP contribution in [0.25, 0.3) is 22.4 Å². The number of hydrogen-bond donors (Lipinski definition) is 1. The summed E-state index contributed by atoms with van der Waals surface area (Å²) in [4.78, 5) is 16.8. The Morgan fingerprint density at radius 1 is 1.00 bits per heavy atom. The van der Waals surface area contributed by atoms with Crippen molar-refractivity contribution < 1.29 is 9.18 Å². The fourth-order valence-electron chi connectivity index (χ4n) is 3.13. The maximum atomic E-state index is 13.4. The monoisotopic (exact) mass is 400 g/mol. The maximum Gasteiger partial charge on any atom is 0.256 e. The molecule has 2 heterocycles. The van der Waals surface area contributed by atoms with E-state index < -0.39 is 0 Å². The van der Waals surface area contributed by atoms with Gasteiger partial charge in [-0.15, -0.1) is 0 Å². The van der Waals surface area contributed by atoms with Crippen molar-refractivity contribution >= 4 is 11.7 Å². The summed E-state index contributed by atoms with van der Waals surface area (Å²) in [6, 6.07) is 19.1. The summed E-state index contributed by atoms with van der Waals surface area (Å²) in [5.41, 5.74) is 3.87. The molecule has 0 saturated heterocycles. The van der Waals surface area contributed by atoms with E-state index in [4.69, 9.17) is 5.10 Å². The van der Waals surface area contributed by atoms with E-state index in [1.165, 1.54) is 12.1 Å². The van der Waals surface area contributed by atoms with Crippen molar-refractivity contribution in [2.45, 2.75) is 19.9 Å². The first-order chi connectivity index (χ1) is 14.5. The van der Waals surface area contributed by atoms with Crippen LogP contribution >= 0.6 is 0 Å². The third-order valence-electron chi connectivity index (χ3n) is 4.73. The van der Waals surface area contributed by atoms with Crippen molar-refractivity contribution in [2.24, 2.45) is 0 Å². The SMILES string of the molecule is CC(C)n1cc(-c2ccnc(NC(=O)c3ccccc3)c2)c(-c2ccc(F)cc2)n1. The molecule has 4 aromatic rings. The minimum absolute atomic E-state index is 0.164. The van der Waals surface area contributed by atoms with Crippen molar-refractivity contribution in [3.63, 3.8) is 0 Å². The molecular formula is C24H21FN4O. The highest BCUT2D eigenvalue weighted by molar-refractivity contribution is 6.04. The third kappa shape index (κ3) is 4.12. The van der Waals surface area contributed by atoms with Gasteiger partial charge >= 0.3 is 0 Å². The molecule has 0 fully saturated rings. The van der Waals surface area contributed by atoms with Crippen molar-refractivity contribution in [3.8, 4) is 22.4 Å². The zero-order valence-corrected chi connectivity index (χ0v) is 16.7. The average molecular weight is 400 g/mol. The first-order valence-electron chi connectivity index (χ1n) is 9.69. The molecule has 1 amide bonds. The molecule has 0 aliphatic carbocycles. The van der Waals surface area contributed by atoms with Gasteiger partial charge in [0.15, 0.2) is 0 Å². The molecule has 5 nitrogen and oxygen atoms in total. The Balaban J connectivity index is 1.71. The van der Waals surface area contributed by atoms with Crippen LogP contribution < -0.4 is 5.32 Å². The summed E-state index contributed by atoms with van der Waals surface area (Å²) in [7, 11) is 0. The normalized spacial score (nSPS) is 10.9. The van der Waals surface area contributed by atoms with E-state index >= 15 is 0 Å². The second-order valence-electron chi connectivity index (χ2n) is 7.22. The van der Waals surface area contributed by atoms with Crippen LogP contribution in [0.4, 0.5) is 10.2 Å². The van der Waals surface area contributed by atoms with E-state index in [1.54, 1.807) is 30.5 Å². The first kappa shape index (κ1) is 19.5. The summed E-state index contributed by atoms with van der Waals surface area (Å²) in [5.74, 6) is -0.0704. The van der Waals surface area contributed by atoms with Crippen LogP contribution in [0.5, 0.6) is 0 Å². The van der Waals surface area contributed by atoms with Crippen LogP contribution in [-0.2, 0) is 0 Å². The average Bonchev–Trinajstić information content (AvgIpc) is 3.21. The lowest BCUT2D eigenvalue weighted by atomic mass is 10.0. The number of amides is 1. The number of pyridine rings is 1. The van der Waals surface area contributed by atoms with Gasteiger partial charge in [0.2, 0.25) is 0 Å². The molecule has 0 saturated carbocycles. The summed E-state index contributed by atoms with van der Waals surface area (Å²) in [6.07, 6.45) is 3.61. The Hall–Kier alpha value is -3.80. The van der Waals surface area contributed by atoms with Gasteiger partial charge in [0.05, 0.1) is 0 Å². The molecule has 0 atom stereocenters. The Morgan fingerprint density at radius 2 is 1.73 bits per heavy atom. The van der Waals surface area contributed by atoms with E-state index in [0.717, 1.165) is 22.4 Å². The molecular weight excluding hydrogens is 379 g/mol. The van der Waals surface area contributed by atoms with Crippen LogP contribution in [0.15, 0.2) is 79.1 Å². The predicted molar refractivity (Wildman–Crippen MR) is 116 cm³/mol. The summed E-state index contributed by atoms with van der Waals surface area (Å²) >= 11 is 0. The molecule has 0 unspecified atom stereocenters. The van der Waals surface area contributed by atoms with Crippen LogP contribution in [0.2, 0.25) is 0 Å². The molecule has 2 aromatic carbocycles. The lowest BCUT2D eigenvalue weighted by Crippen LogP contribution is -2.12. The van der Waals surface area contributed by atoms with Gasteiger partial charge in [-0.25, -0.2) is 9.37 Å². The molecule has 0 radical (unpaired) electrons. The zero-order valence-electron chi connectivity index (χ0n) is 16.7.